The maximum Gasteiger partial charge on any atom is 0.182 e. The van der Waals surface area contributed by atoms with Crippen molar-refractivity contribution in [3.63, 3.8) is 0 Å². The summed E-state index contributed by atoms with van der Waals surface area (Å²) in [5.74, 6) is 0.596. The number of anilines is 1. The molecule has 6 heteroatoms. The molecule has 1 fully saturated rings. The van der Waals surface area contributed by atoms with E-state index in [0.29, 0.717) is 44.2 Å². The van der Waals surface area contributed by atoms with Gasteiger partial charge in [0.05, 0.1) is 5.69 Å². The number of halogens is 2. The Morgan fingerprint density at radius 2 is 1.64 bits per heavy atom. The first kappa shape index (κ1) is 15.7. The predicted octanol–water partition coefficient (Wildman–Crippen LogP) is 3.40. The van der Waals surface area contributed by atoms with Gasteiger partial charge in [-0.3, -0.25) is 0 Å². The first-order valence-electron chi connectivity index (χ1n) is 8.24. The predicted molar refractivity (Wildman–Crippen MR) is 90.8 cm³/mol. The van der Waals surface area contributed by atoms with E-state index in [4.69, 9.17) is 9.47 Å². The molecule has 0 bridgehead atoms. The fourth-order valence-corrected chi connectivity index (χ4v) is 3.07. The molecular weight excluding hydrogens is 326 g/mol. The highest BCUT2D eigenvalue weighted by Gasteiger charge is 2.21. The summed E-state index contributed by atoms with van der Waals surface area (Å²) in [4.78, 5) is 3.97. The van der Waals surface area contributed by atoms with Gasteiger partial charge in [-0.1, -0.05) is 18.2 Å². The first-order valence-corrected chi connectivity index (χ1v) is 8.24. The second kappa shape index (κ2) is 6.63. The van der Waals surface area contributed by atoms with Gasteiger partial charge < -0.3 is 19.3 Å². The molecule has 2 aliphatic heterocycles. The van der Waals surface area contributed by atoms with E-state index in [1.165, 1.54) is 6.07 Å². The third kappa shape index (κ3) is 3.24. The van der Waals surface area contributed by atoms with Crippen molar-refractivity contribution in [1.82, 2.24) is 4.90 Å². The Balaban J connectivity index is 1.40. The van der Waals surface area contributed by atoms with Crippen LogP contribution in [0.3, 0.4) is 0 Å². The summed E-state index contributed by atoms with van der Waals surface area (Å²) in [6.07, 6.45) is 1.94. The minimum absolute atomic E-state index is 0.318. The second-order valence-electron chi connectivity index (χ2n) is 6.03. The van der Waals surface area contributed by atoms with Crippen LogP contribution in [0.25, 0.3) is 0 Å². The van der Waals surface area contributed by atoms with Gasteiger partial charge >= 0.3 is 0 Å². The van der Waals surface area contributed by atoms with Crippen LogP contribution in [0, 0.1) is 11.6 Å². The van der Waals surface area contributed by atoms with Gasteiger partial charge in [0.15, 0.2) is 28.9 Å². The molecule has 0 unspecified atom stereocenters. The molecule has 2 heterocycles. The Morgan fingerprint density at radius 1 is 0.880 bits per heavy atom. The van der Waals surface area contributed by atoms with Gasteiger partial charge in [-0.05, 0) is 24.3 Å². The van der Waals surface area contributed by atoms with Crippen molar-refractivity contribution >= 4 is 5.69 Å². The summed E-state index contributed by atoms with van der Waals surface area (Å²) in [5, 5.41) is 0. The molecule has 0 atom stereocenters. The standard InChI is InChI=1S/C19H18F2N2O2/c20-15-4-3-5-16(19(15)21)23-10-8-22(9-11-23)12-14-13-24-17-6-1-2-7-18(17)25-14/h1-7,12H,8-11,13H2. The molecule has 0 spiro atoms. The lowest BCUT2D eigenvalue weighted by atomic mass is 10.2. The van der Waals surface area contributed by atoms with E-state index in [-0.39, 0.29) is 0 Å². The average molecular weight is 344 g/mol. The number of hydrogen-bond donors (Lipinski definition) is 0. The van der Waals surface area contributed by atoms with Gasteiger partial charge in [0.1, 0.15) is 6.61 Å². The maximum absolute atomic E-state index is 13.9. The first-order chi connectivity index (χ1) is 12.2. The Bertz CT molecular complexity index is 802. The van der Waals surface area contributed by atoms with Gasteiger partial charge in [-0.15, -0.1) is 0 Å². The van der Waals surface area contributed by atoms with E-state index < -0.39 is 11.6 Å². The molecule has 2 aromatic carbocycles. The number of hydrogen-bond acceptors (Lipinski definition) is 4. The molecule has 0 aromatic heterocycles. The van der Waals surface area contributed by atoms with Crippen LogP contribution in [0.1, 0.15) is 0 Å². The maximum atomic E-state index is 13.9. The minimum Gasteiger partial charge on any atom is -0.482 e. The van der Waals surface area contributed by atoms with Crippen LogP contribution in [-0.4, -0.2) is 37.7 Å². The number of benzene rings is 2. The number of ether oxygens (including phenoxy) is 2. The molecule has 0 saturated carbocycles. The minimum atomic E-state index is -0.812. The molecule has 0 radical (unpaired) electrons. The number of fused-ring (bicyclic) bond motifs is 1. The van der Waals surface area contributed by atoms with Crippen molar-refractivity contribution in [3.05, 3.63) is 66.1 Å². The summed E-state index contributed by atoms with van der Waals surface area (Å²) >= 11 is 0. The normalized spacial score (nSPS) is 18.6. The van der Waals surface area contributed by atoms with Gasteiger partial charge in [0.25, 0.3) is 0 Å². The van der Waals surface area contributed by atoms with Gasteiger partial charge in [0.2, 0.25) is 0 Å². The van der Waals surface area contributed by atoms with Crippen molar-refractivity contribution in [3.8, 4) is 11.5 Å². The Morgan fingerprint density at radius 3 is 2.44 bits per heavy atom. The third-order valence-electron chi connectivity index (χ3n) is 4.37. The number of rotatable bonds is 2. The van der Waals surface area contributed by atoms with Crippen molar-refractivity contribution in [1.29, 1.82) is 0 Å². The highest BCUT2D eigenvalue weighted by atomic mass is 19.2. The van der Waals surface area contributed by atoms with Crippen LogP contribution in [0.2, 0.25) is 0 Å². The quantitative estimate of drug-likeness (QED) is 0.834. The SMILES string of the molecule is Fc1cccc(N2CCN(C=C3COc4ccccc4O3)CC2)c1F. The van der Waals surface area contributed by atoms with E-state index in [0.717, 1.165) is 17.6 Å². The lowest BCUT2D eigenvalue weighted by molar-refractivity contribution is 0.220. The molecule has 4 nitrogen and oxygen atoms in total. The molecule has 2 aromatic rings. The lowest BCUT2D eigenvalue weighted by Gasteiger charge is -2.36. The van der Waals surface area contributed by atoms with Gasteiger partial charge in [-0.2, -0.15) is 0 Å². The summed E-state index contributed by atoms with van der Waals surface area (Å²) in [6.45, 7) is 3.01. The van der Waals surface area contributed by atoms with E-state index in [2.05, 4.69) is 4.90 Å². The number of nitrogens with zero attached hydrogens (tertiary/aromatic N) is 2. The Labute approximate surface area is 144 Å². The van der Waals surface area contributed by atoms with Crippen molar-refractivity contribution in [2.75, 3.05) is 37.7 Å². The Kier molecular flexibility index (Phi) is 4.17. The van der Waals surface area contributed by atoms with Crippen LogP contribution < -0.4 is 14.4 Å². The Hall–Kier alpha value is -2.76. The fraction of sp³-hybridized carbons (Fsp3) is 0.263. The molecule has 130 valence electrons. The fourth-order valence-electron chi connectivity index (χ4n) is 3.07. The summed E-state index contributed by atoms with van der Waals surface area (Å²) in [5.41, 5.74) is 0.318. The largest absolute Gasteiger partial charge is 0.482 e. The zero-order valence-electron chi connectivity index (χ0n) is 13.6. The molecule has 0 aliphatic carbocycles. The van der Waals surface area contributed by atoms with Crippen LogP contribution in [0.15, 0.2) is 54.4 Å². The average Bonchev–Trinajstić information content (AvgIpc) is 2.65. The van der Waals surface area contributed by atoms with Crippen LogP contribution in [0.5, 0.6) is 11.5 Å². The smallest absolute Gasteiger partial charge is 0.182 e. The topological polar surface area (TPSA) is 24.9 Å². The molecule has 0 amide bonds. The van der Waals surface area contributed by atoms with Crippen molar-refractivity contribution < 1.29 is 18.3 Å². The van der Waals surface area contributed by atoms with Crippen LogP contribution >= 0.6 is 0 Å². The zero-order chi connectivity index (χ0) is 17.2. The number of piperazine rings is 1. The highest BCUT2D eigenvalue weighted by molar-refractivity contribution is 5.48. The molecular formula is C19H18F2N2O2. The molecule has 2 aliphatic rings. The van der Waals surface area contributed by atoms with Crippen molar-refractivity contribution in [2.45, 2.75) is 0 Å². The van der Waals surface area contributed by atoms with E-state index in [1.54, 1.807) is 6.07 Å². The lowest BCUT2D eigenvalue weighted by Crippen LogP contribution is -2.44. The highest BCUT2D eigenvalue weighted by Crippen LogP contribution is 2.32. The zero-order valence-corrected chi connectivity index (χ0v) is 13.6. The molecule has 4 rings (SSSR count). The van der Waals surface area contributed by atoms with E-state index in [1.807, 2.05) is 35.4 Å². The molecule has 1 saturated heterocycles. The summed E-state index contributed by atoms with van der Waals surface area (Å²) in [7, 11) is 0. The second-order valence-corrected chi connectivity index (χ2v) is 6.03. The molecule has 25 heavy (non-hydrogen) atoms. The summed E-state index contributed by atoms with van der Waals surface area (Å²) < 4.78 is 38.8. The van der Waals surface area contributed by atoms with Gasteiger partial charge in [-0.25, -0.2) is 8.78 Å². The monoisotopic (exact) mass is 344 g/mol. The van der Waals surface area contributed by atoms with Crippen LogP contribution in [0.4, 0.5) is 14.5 Å². The van der Waals surface area contributed by atoms with Crippen molar-refractivity contribution in [2.24, 2.45) is 0 Å². The number of para-hydroxylation sites is 2. The van der Waals surface area contributed by atoms with Gasteiger partial charge in [0, 0.05) is 32.4 Å². The van der Waals surface area contributed by atoms with E-state index in [9.17, 15) is 8.78 Å². The third-order valence-corrected chi connectivity index (χ3v) is 4.37. The van der Waals surface area contributed by atoms with Crippen LogP contribution in [-0.2, 0) is 0 Å². The molecule has 0 N–H and O–H groups in total. The summed E-state index contributed by atoms with van der Waals surface area (Å²) in [6, 6.07) is 11.8. The van der Waals surface area contributed by atoms with E-state index >= 15 is 0 Å².